The van der Waals surface area contributed by atoms with Crippen LogP contribution in [0, 0.1) is 5.92 Å². The molecule has 2 atom stereocenters. The molecule has 1 aliphatic carbocycles. The van der Waals surface area contributed by atoms with E-state index in [1.807, 2.05) is 49.4 Å². The van der Waals surface area contributed by atoms with E-state index in [-0.39, 0.29) is 23.8 Å². The Hall–Kier alpha value is -3.71. The monoisotopic (exact) mass is 483 g/mol. The van der Waals surface area contributed by atoms with Gasteiger partial charge in [-0.1, -0.05) is 25.5 Å². The summed E-state index contributed by atoms with van der Waals surface area (Å²) in [5.41, 5.74) is 18.7. The minimum Gasteiger partial charge on any atom is -0.399 e. The average molecular weight is 484 g/mol. The Morgan fingerprint density at radius 2 is 1.92 bits per heavy atom. The predicted octanol–water partition coefficient (Wildman–Crippen LogP) is 4.90. The molecule has 186 valence electrons. The smallest absolute Gasteiger partial charge is 0.251 e. The number of pyridine rings is 1. The molecule has 2 aliphatic rings. The van der Waals surface area contributed by atoms with E-state index in [2.05, 4.69) is 15.6 Å². The molecule has 1 saturated carbocycles. The van der Waals surface area contributed by atoms with Crippen LogP contribution in [0.15, 0.2) is 54.7 Å². The van der Waals surface area contributed by atoms with Crippen molar-refractivity contribution in [1.82, 2.24) is 10.3 Å². The SMILES string of the molecule is C[C@H]1CCC[C@H](NC(=O)c2ccc(CN)c(C3CC3)c2)c2cc(ccn2)-c2ccc(N)cc2NC1=O. The number of aromatic nitrogens is 1. The molecule has 0 radical (unpaired) electrons. The summed E-state index contributed by atoms with van der Waals surface area (Å²) in [7, 11) is 0. The van der Waals surface area contributed by atoms with Gasteiger partial charge in [0, 0.05) is 35.5 Å². The number of benzene rings is 2. The summed E-state index contributed by atoms with van der Waals surface area (Å²) in [6.45, 7) is 2.41. The summed E-state index contributed by atoms with van der Waals surface area (Å²) >= 11 is 0. The van der Waals surface area contributed by atoms with Crippen LogP contribution in [0.2, 0.25) is 0 Å². The lowest BCUT2D eigenvalue weighted by atomic mass is 9.95. The number of nitrogens with zero attached hydrogens (tertiary/aromatic N) is 1. The summed E-state index contributed by atoms with van der Waals surface area (Å²) in [6, 6.07) is 15.0. The zero-order valence-corrected chi connectivity index (χ0v) is 20.6. The quantitative estimate of drug-likeness (QED) is 0.393. The molecule has 0 saturated heterocycles. The third-order valence-electron chi connectivity index (χ3n) is 7.28. The molecule has 2 amide bonds. The van der Waals surface area contributed by atoms with Gasteiger partial charge >= 0.3 is 0 Å². The van der Waals surface area contributed by atoms with Gasteiger partial charge in [-0.3, -0.25) is 14.6 Å². The van der Waals surface area contributed by atoms with E-state index >= 15 is 0 Å². The van der Waals surface area contributed by atoms with Gasteiger partial charge in [0.1, 0.15) is 0 Å². The number of hydrogen-bond donors (Lipinski definition) is 4. The normalized spacial score (nSPS) is 19.9. The van der Waals surface area contributed by atoms with Gasteiger partial charge in [-0.15, -0.1) is 0 Å². The fourth-order valence-electron chi connectivity index (χ4n) is 4.97. The maximum absolute atomic E-state index is 13.4. The zero-order valence-electron chi connectivity index (χ0n) is 20.6. The lowest BCUT2D eigenvalue weighted by Crippen LogP contribution is -2.30. The number of nitrogens with one attached hydrogen (secondary N) is 2. The fraction of sp³-hybridized carbons (Fsp3) is 0.345. The standard InChI is InChI=1S/C29H33N5O2/c1-17-3-2-4-25(33-29(36)20-7-8-21(16-30)24(13-20)18-5-6-18)27-14-19(11-12-32-27)23-10-9-22(31)15-26(23)34-28(17)35/h7-15,17-18,25H,2-6,16,30-31H2,1H3,(H,33,36)(H,34,35)/t17-,25-/m0/s1. The summed E-state index contributed by atoms with van der Waals surface area (Å²) < 4.78 is 0. The molecule has 7 heteroatoms. The number of amides is 2. The molecule has 0 spiro atoms. The van der Waals surface area contributed by atoms with Crippen LogP contribution in [0.1, 0.15) is 78.2 Å². The molecule has 1 aliphatic heterocycles. The number of hydrogen-bond acceptors (Lipinski definition) is 5. The first-order valence-corrected chi connectivity index (χ1v) is 12.7. The Bertz CT molecular complexity index is 1300. The van der Waals surface area contributed by atoms with Crippen molar-refractivity contribution in [2.45, 2.75) is 57.5 Å². The minimum atomic E-state index is -0.275. The van der Waals surface area contributed by atoms with Crippen molar-refractivity contribution in [3.05, 3.63) is 77.1 Å². The summed E-state index contributed by atoms with van der Waals surface area (Å²) in [4.78, 5) is 30.9. The Labute approximate surface area is 211 Å². The summed E-state index contributed by atoms with van der Waals surface area (Å²) in [5.74, 6) is 0.178. The van der Waals surface area contributed by atoms with Gasteiger partial charge in [0.25, 0.3) is 5.91 Å². The predicted molar refractivity (Wildman–Crippen MR) is 142 cm³/mol. The first-order chi connectivity index (χ1) is 17.4. The van der Waals surface area contributed by atoms with Crippen molar-refractivity contribution in [2.24, 2.45) is 11.7 Å². The first kappa shape index (κ1) is 24.0. The fourth-order valence-corrected chi connectivity index (χ4v) is 4.97. The van der Waals surface area contributed by atoms with Gasteiger partial charge in [0.05, 0.1) is 17.4 Å². The highest BCUT2D eigenvalue weighted by Gasteiger charge is 2.27. The van der Waals surface area contributed by atoms with Crippen LogP contribution in [0.5, 0.6) is 0 Å². The highest BCUT2D eigenvalue weighted by Crippen LogP contribution is 2.42. The van der Waals surface area contributed by atoms with Crippen LogP contribution in [0.25, 0.3) is 11.1 Å². The van der Waals surface area contributed by atoms with Gasteiger partial charge < -0.3 is 22.1 Å². The van der Waals surface area contributed by atoms with Crippen molar-refractivity contribution < 1.29 is 9.59 Å². The molecular formula is C29H33N5O2. The molecular weight excluding hydrogens is 450 g/mol. The van der Waals surface area contributed by atoms with Crippen LogP contribution in [0.4, 0.5) is 11.4 Å². The third kappa shape index (κ3) is 5.11. The summed E-state index contributed by atoms with van der Waals surface area (Å²) in [6.07, 6.45) is 6.21. The molecule has 0 unspecified atom stereocenters. The Balaban J connectivity index is 1.48. The first-order valence-electron chi connectivity index (χ1n) is 12.7. The lowest BCUT2D eigenvalue weighted by molar-refractivity contribution is -0.119. The van der Waals surface area contributed by atoms with Crippen LogP contribution in [0.3, 0.4) is 0 Å². The second kappa shape index (κ2) is 10.1. The lowest BCUT2D eigenvalue weighted by Gasteiger charge is -2.22. The number of nitrogens with two attached hydrogens (primary N) is 2. The highest BCUT2D eigenvalue weighted by molar-refractivity contribution is 5.97. The molecule has 36 heavy (non-hydrogen) atoms. The van der Waals surface area contributed by atoms with E-state index in [1.54, 1.807) is 12.3 Å². The average Bonchev–Trinajstić information content (AvgIpc) is 3.72. The largest absolute Gasteiger partial charge is 0.399 e. The summed E-state index contributed by atoms with van der Waals surface area (Å²) in [5, 5.41) is 6.28. The Kier molecular flexibility index (Phi) is 6.74. The van der Waals surface area contributed by atoms with Gasteiger partial charge in [0.15, 0.2) is 0 Å². The van der Waals surface area contributed by atoms with E-state index in [4.69, 9.17) is 11.5 Å². The van der Waals surface area contributed by atoms with Crippen LogP contribution >= 0.6 is 0 Å². The van der Waals surface area contributed by atoms with Crippen molar-refractivity contribution in [3.63, 3.8) is 0 Å². The molecule has 7 nitrogen and oxygen atoms in total. The van der Waals surface area contributed by atoms with Crippen molar-refractivity contribution in [3.8, 4) is 11.1 Å². The number of anilines is 2. The Morgan fingerprint density at radius 1 is 1.08 bits per heavy atom. The second-order valence-electron chi connectivity index (χ2n) is 10.0. The molecule has 2 heterocycles. The van der Waals surface area contributed by atoms with E-state index in [9.17, 15) is 9.59 Å². The second-order valence-corrected chi connectivity index (χ2v) is 10.0. The van der Waals surface area contributed by atoms with Crippen LogP contribution < -0.4 is 22.1 Å². The highest BCUT2D eigenvalue weighted by atomic mass is 16.2. The zero-order chi connectivity index (χ0) is 25.2. The number of fused-ring (bicyclic) bond motifs is 4. The number of carbonyl (C=O) groups excluding carboxylic acids is 2. The van der Waals surface area contributed by atoms with Crippen LogP contribution in [-0.4, -0.2) is 16.8 Å². The van der Waals surface area contributed by atoms with E-state index in [0.717, 1.165) is 41.6 Å². The minimum absolute atomic E-state index is 0.0371. The molecule has 2 aromatic carbocycles. The van der Waals surface area contributed by atoms with Crippen molar-refractivity contribution in [2.75, 3.05) is 11.1 Å². The molecule has 1 aromatic heterocycles. The maximum atomic E-state index is 13.4. The van der Waals surface area contributed by atoms with Crippen molar-refractivity contribution in [1.29, 1.82) is 0 Å². The Morgan fingerprint density at radius 3 is 2.69 bits per heavy atom. The van der Waals surface area contributed by atoms with E-state index in [0.29, 0.717) is 42.2 Å². The van der Waals surface area contributed by atoms with Crippen molar-refractivity contribution >= 4 is 23.2 Å². The van der Waals surface area contributed by atoms with Gasteiger partial charge in [0.2, 0.25) is 5.91 Å². The molecule has 6 N–H and O–H groups in total. The molecule has 3 aromatic rings. The van der Waals surface area contributed by atoms with Gasteiger partial charge in [-0.25, -0.2) is 0 Å². The molecule has 1 fully saturated rings. The van der Waals surface area contributed by atoms with E-state index < -0.39 is 0 Å². The topological polar surface area (TPSA) is 123 Å². The molecule has 2 bridgehead atoms. The van der Waals surface area contributed by atoms with Gasteiger partial charge in [-0.05, 0) is 84.7 Å². The maximum Gasteiger partial charge on any atom is 0.251 e. The van der Waals surface area contributed by atoms with E-state index in [1.165, 1.54) is 5.56 Å². The number of rotatable bonds is 4. The number of nitrogen functional groups attached to an aromatic ring is 1. The van der Waals surface area contributed by atoms with Crippen LogP contribution in [-0.2, 0) is 11.3 Å². The number of carbonyl (C=O) groups is 2. The molecule has 5 rings (SSSR count). The third-order valence-corrected chi connectivity index (χ3v) is 7.28. The van der Waals surface area contributed by atoms with Gasteiger partial charge in [-0.2, -0.15) is 0 Å².